The van der Waals surface area contributed by atoms with Gasteiger partial charge in [-0.15, -0.1) is 0 Å². The quantitative estimate of drug-likeness (QED) is 0.685. The Morgan fingerprint density at radius 1 is 0.542 bits per heavy atom. The highest BCUT2D eigenvalue weighted by Gasteiger charge is 2.01. The second-order valence-electron chi connectivity index (χ2n) is 4.32. The lowest BCUT2D eigenvalue weighted by molar-refractivity contribution is -0.256. The first-order valence-corrected chi connectivity index (χ1v) is 6.30. The molecular weight excluding hydrogens is 320 g/mol. The maximum absolute atomic E-state index is 10.3. The molecule has 0 heterocycles. The molecule has 0 aromatic heterocycles. The summed E-state index contributed by atoms with van der Waals surface area (Å²) in [7, 11) is 0. The van der Waals surface area contributed by atoms with E-state index in [-0.39, 0.29) is 22.3 Å². The van der Waals surface area contributed by atoms with Gasteiger partial charge in [0.2, 0.25) is 0 Å². The van der Waals surface area contributed by atoms with Crippen LogP contribution in [0.3, 0.4) is 0 Å². The number of rotatable bonds is 4. The van der Waals surface area contributed by atoms with Crippen molar-refractivity contribution in [1.82, 2.24) is 0 Å². The molecule has 0 aliphatic carbocycles. The molecule has 0 aliphatic heterocycles. The Balaban J connectivity index is 0.000000240. The van der Waals surface area contributed by atoms with Crippen LogP contribution in [0.4, 0.5) is 0 Å². The van der Waals surface area contributed by atoms with Gasteiger partial charge in [0.15, 0.2) is 0 Å². The third-order valence-corrected chi connectivity index (χ3v) is 2.72. The SMILES string of the molecule is O=C([O-])c1ccc(C(=O)O)cc1.O=C([O-])c1ccc(C(=O)[O-])cc1. The zero-order valence-electron chi connectivity index (χ0n) is 11.9. The van der Waals surface area contributed by atoms with Crippen molar-refractivity contribution in [3.8, 4) is 0 Å². The molecule has 0 saturated heterocycles. The van der Waals surface area contributed by atoms with Crippen molar-refractivity contribution in [1.29, 1.82) is 0 Å². The van der Waals surface area contributed by atoms with Gasteiger partial charge >= 0.3 is 5.97 Å². The van der Waals surface area contributed by atoms with Gasteiger partial charge in [0.1, 0.15) is 0 Å². The highest BCUT2D eigenvalue weighted by atomic mass is 16.4. The van der Waals surface area contributed by atoms with Crippen LogP contribution in [0.1, 0.15) is 41.4 Å². The highest BCUT2D eigenvalue weighted by Crippen LogP contribution is 2.03. The topological polar surface area (TPSA) is 158 Å². The molecule has 0 unspecified atom stereocenters. The third-order valence-electron chi connectivity index (χ3n) is 2.72. The fourth-order valence-corrected chi connectivity index (χ4v) is 1.49. The van der Waals surface area contributed by atoms with E-state index in [0.29, 0.717) is 0 Å². The van der Waals surface area contributed by atoms with Crippen molar-refractivity contribution in [2.45, 2.75) is 0 Å². The van der Waals surface area contributed by atoms with E-state index in [1.165, 1.54) is 24.3 Å². The van der Waals surface area contributed by atoms with E-state index in [4.69, 9.17) is 5.11 Å². The molecule has 8 nitrogen and oxygen atoms in total. The number of carboxylic acids is 4. The summed E-state index contributed by atoms with van der Waals surface area (Å²) in [5.74, 6) is -5.06. The molecule has 0 spiro atoms. The van der Waals surface area contributed by atoms with E-state index in [1.807, 2.05) is 0 Å². The van der Waals surface area contributed by atoms with Crippen molar-refractivity contribution in [3.05, 3.63) is 70.8 Å². The van der Waals surface area contributed by atoms with Crippen molar-refractivity contribution in [2.75, 3.05) is 0 Å². The van der Waals surface area contributed by atoms with Gasteiger partial charge in [-0.25, -0.2) is 4.79 Å². The predicted octanol–water partition coefficient (Wildman–Crippen LogP) is -1.84. The van der Waals surface area contributed by atoms with Gasteiger partial charge in [-0.2, -0.15) is 0 Å². The Hall–Kier alpha value is -3.68. The van der Waals surface area contributed by atoms with Crippen LogP contribution in [-0.4, -0.2) is 29.0 Å². The molecule has 2 rings (SSSR count). The van der Waals surface area contributed by atoms with Crippen LogP contribution in [0.2, 0.25) is 0 Å². The van der Waals surface area contributed by atoms with Crippen molar-refractivity contribution < 1.29 is 39.6 Å². The number of carboxylic acid groups (broad SMARTS) is 4. The van der Waals surface area contributed by atoms with Crippen LogP contribution in [0.15, 0.2) is 48.5 Å². The number of benzene rings is 2. The third kappa shape index (κ3) is 5.26. The fraction of sp³-hybridized carbons (Fsp3) is 0. The predicted molar refractivity (Wildman–Crippen MR) is 72.8 cm³/mol. The zero-order chi connectivity index (χ0) is 18.3. The van der Waals surface area contributed by atoms with Crippen LogP contribution in [0.5, 0.6) is 0 Å². The normalized spacial score (nSPS) is 9.33. The molecule has 2 aromatic rings. The Morgan fingerprint density at radius 2 is 0.750 bits per heavy atom. The van der Waals surface area contributed by atoms with Gasteiger partial charge < -0.3 is 34.8 Å². The molecule has 24 heavy (non-hydrogen) atoms. The highest BCUT2D eigenvalue weighted by molar-refractivity contribution is 5.91. The van der Waals surface area contributed by atoms with E-state index in [0.717, 1.165) is 24.3 Å². The van der Waals surface area contributed by atoms with E-state index in [1.54, 1.807) is 0 Å². The van der Waals surface area contributed by atoms with Crippen molar-refractivity contribution in [2.24, 2.45) is 0 Å². The van der Waals surface area contributed by atoms with E-state index in [2.05, 4.69) is 0 Å². The van der Waals surface area contributed by atoms with Crippen LogP contribution in [0.25, 0.3) is 0 Å². The molecule has 0 atom stereocenters. The number of hydrogen-bond acceptors (Lipinski definition) is 7. The minimum Gasteiger partial charge on any atom is -0.545 e. The Morgan fingerprint density at radius 3 is 0.917 bits per heavy atom. The monoisotopic (exact) mass is 329 g/mol. The molecule has 0 saturated carbocycles. The van der Waals surface area contributed by atoms with Gasteiger partial charge in [-0.05, 0) is 28.8 Å². The molecule has 2 aromatic carbocycles. The second-order valence-corrected chi connectivity index (χ2v) is 4.32. The van der Waals surface area contributed by atoms with Gasteiger partial charge in [-0.3, -0.25) is 0 Å². The van der Waals surface area contributed by atoms with Crippen LogP contribution < -0.4 is 15.3 Å². The summed E-state index contributed by atoms with van der Waals surface area (Å²) >= 11 is 0. The summed E-state index contributed by atoms with van der Waals surface area (Å²) in [4.78, 5) is 41.0. The molecule has 0 radical (unpaired) electrons. The zero-order valence-corrected chi connectivity index (χ0v) is 11.9. The summed E-state index contributed by atoms with van der Waals surface area (Å²) < 4.78 is 0. The van der Waals surface area contributed by atoms with Crippen LogP contribution in [0, 0.1) is 0 Å². The maximum atomic E-state index is 10.3. The van der Waals surface area contributed by atoms with Crippen LogP contribution in [-0.2, 0) is 0 Å². The molecule has 0 amide bonds. The summed E-state index contributed by atoms with van der Waals surface area (Å²) in [6.07, 6.45) is 0. The Labute approximate surface area is 135 Å². The first kappa shape index (κ1) is 18.4. The summed E-state index contributed by atoms with van der Waals surface area (Å²) in [5.41, 5.74) is -0.0833. The lowest BCUT2D eigenvalue weighted by Gasteiger charge is -2.04. The summed E-state index contributed by atoms with van der Waals surface area (Å²) in [6.45, 7) is 0. The number of carbonyl (C=O) groups excluding carboxylic acids is 3. The summed E-state index contributed by atoms with van der Waals surface area (Å²) in [5, 5.41) is 39.1. The number of aromatic carboxylic acids is 4. The standard InChI is InChI=1S/2C8H6O4/c2*9-7(10)5-1-2-6(4-3-5)8(11)12/h2*1-4H,(H,9,10)(H,11,12)/p-3. The number of carbonyl (C=O) groups is 4. The Bertz CT molecular complexity index is 626. The molecule has 0 fully saturated rings. The molecule has 0 aliphatic rings. The lowest BCUT2D eigenvalue weighted by Crippen LogP contribution is -2.24. The average Bonchev–Trinajstić information content (AvgIpc) is 2.55. The van der Waals surface area contributed by atoms with Crippen molar-refractivity contribution in [3.63, 3.8) is 0 Å². The van der Waals surface area contributed by atoms with Crippen LogP contribution >= 0.6 is 0 Å². The second kappa shape index (κ2) is 8.08. The van der Waals surface area contributed by atoms with Crippen molar-refractivity contribution >= 4 is 23.9 Å². The maximum Gasteiger partial charge on any atom is 0.335 e. The van der Waals surface area contributed by atoms with Gasteiger partial charge in [0.05, 0.1) is 23.5 Å². The fourth-order valence-electron chi connectivity index (χ4n) is 1.49. The molecule has 0 bridgehead atoms. The molecule has 8 heteroatoms. The van der Waals surface area contributed by atoms with E-state index >= 15 is 0 Å². The van der Waals surface area contributed by atoms with Gasteiger partial charge in [0.25, 0.3) is 0 Å². The number of hydrogen-bond donors (Lipinski definition) is 1. The lowest BCUT2D eigenvalue weighted by atomic mass is 10.1. The first-order chi connectivity index (χ1) is 11.2. The first-order valence-electron chi connectivity index (χ1n) is 6.30. The smallest absolute Gasteiger partial charge is 0.335 e. The minimum atomic E-state index is -1.33. The van der Waals surface area contributed by atoms with Gasteiger partial charge in [0, 0.05) is 0 Å². The molecular formula is C16H9O8-3. The average molecular weight is 329 g/mol. The van der Waals surface area contributed by atoms with E-state index in [9.17, 15) is 34.5 Å². The molecule has 124 valence electrons. The summed E-state index contributed by atoms with van der Waals surface area (Å²) in [6, 6.07) is 9.43. The largest absolute Gasteiger partial charge is 0.545 e. The minimum absolute atomic E-state index is 0.0278. The van der Waals surface area contributed by atoms with Gasteiger partial charge in [-0.1, -0.05) is 36.4 Å². The van der Waals surface area contributed by atoms with E-state index < -0.39 is 23.9 Å². The molecule has 1 N–H and O–H groups in total. The Kier molecular flexibility index (Phi) is 6.19.